The van der Waals surface area contributed by atoms with Crippen LogP contribution in [0.5, 0.6) is 0 Å². The van der Waals surface area contributed by atoms with E-state index in [1.54, 1.807) is 0 Å². The average molecular weight is 272 g/mol. The summed E-state index contributed by atoms with van der Waals surface area (Å²) in [6, 6.07) is 5.93. The maximum Gasteiger partial charge on any atom is 0.240 e. The number of hydrogen-bond acceptors (Lipinski definition) is 4. The molecule has 0 unspecified atom stereocenters. The fourth-order valence-corrected chi connectivity index (χ4v) is 2.58. The zero-order chi connectivity index (χ0) is 13.8. The van der Waals surface area contributed by atoms with Crippen molar-refractivity contribution in [2.75, 3.05) is 12.3 Å². The van der Waals surface area contributed by atoms with E-state index in [2.05, 4.69) is 4.72 Å². The van der Waals surface area contributed by atoms with Gasteiger partial charge in [0.25, 0.3) is 0 Å². The molecule has 6 heteroatoms. The van der Waals surface area contributed by atoms with Crippen molar-refractivity contribution in [3.8, 4) is 0 Å². The highest BCUT2D eigenvalue weighted by Gasteiger charge is 2.25. The highest BCUT2D eigenvalue weighted by Crippen LogP contribution is 2.16. The van der Waals surface area contributed by atoms with Crippen LogP contribution in [0.2, 0.25) is 0 Å². The summed E-state index contributed by atoms with van der Waals surface area (Å²) >= 11 is 0. The van der Waals surface area contributed by atoms with Gasteiger partial charge in [-0.1, -0.05) is 13.8 Å². The molecule has 0 saturated carbocycles. The maximum atomic E-state index is 12.0. The average Bonchev–Trinajstić information content (AvgIpc) is 2.37. The molecule has 0 aliphatic rings. The number of nitrogens with one attached hydrogen (secondary N) is 1. The largest absolute Gasteiger partial charge is 0.399 e. The van der Waals surface area contributed by atoms with E-state index >= 15 is 0 Å². The van der Waals surface area contributed by atoms with Crippen molar-refractivity contribution >= 4 is 15.7 Å². The van der Waals surface area contributed by atoms with Gasteiger partial charge in [-0.2, -0.15) is 0 Å². The van der Waals surface area contributed by atoms with Crippen LogP contribution in [0.3, 0.4) is 0 Å². The molecule has 1 rings (SSSR count). The van der Waals surface area contributed by atoms with Gasteiger partial charge >= 0.3 is 0 Å². The maximum absolute atomic E-state index is 12.0. The Hall–Kier alpha value is -1.11. The molecular formula is C12H20N2O3S. The van der Waals surface area contributed by atoms with Gasteiger partial charge in [0.1, 0.15) is 0 Å². The van der Waals surface area contributed by atoms with Crippen LogP contribution in [0.15, 0.2) is 29.2 Å². The van der Waals surface area contributed by atoms with Gasteiger partial charge in [0.05, 0.1) is 10.5 Å². The van der Waals surface area contributed by atoms with Gasteiger partial charge in [0.2, 0.25) is 10.0 Å². The summed E-state index contributed by atoms with van der Waals surface area (Å²) in [5.74, 6) is 0. The molecule has 0 spiro atoms. The van der Waals surface area contributed by atoms with Gasteiger partial charge in [-0.25, -0.2) is 13.1 Å². The third kappa shape index (κ3) is 3.69. The highest BCUT2D eigenvalue weighted by molar-refractivity contribution is 7.89. The van der Waals surface area contributed by atoms with Gasteiger partial charge in [0.15, 0.2) is 0 Å². The first kappa shape index (κ1) is 14.9. The Kier molecular flexibility index (Phi) is 4.72. The summed E-state index contributed by atoms with van der Waals surface area (Å²) in [5, 5.41) is 10.0. The number of aliphatic hydroxyl groups is 1. The molecule has 18 heavy (non-hydrogen) atoms. The van der Waals surface area contributed by atoms with Crippen LogP contribution in [0.4, 0.5) is 5.69 Å². The molecule has 0 aromatic heterocycles. The normalized spacial score (nSPS) is 12.6. The van der Waals surface area contributed by atoms with Crippen LogP contribution in [0.1, 0.15) is 26.7 Å². The molecule has 0 radical (unpaired) electrons. The Morgan fingerprint density at radius 3 is 2.17 bits per heavy atom. The SMILES string of the molecule is CCC(O)(CC)CNS(=O)(=O)c1ccc(N)cc1. The molecule has 0 heterocycles. The number of rotatable bonds is 6. The summed E-state index contributed by atoms with van der Waals surface area (Å²) in [4.78, 5) is 0.145. The first-order valence-electron chi connectivity index (χ1n) is 5.90. The summed E-state index contributed by atoms with van der Waals surface area (Å²) in [5.41, 5.74) is 5.01. The van der Waals surface area contributed by atoms with Crippen molar-refractivity contribution in [3.05, 3.63) is 24.3 Å². The minimum atomic E-state index is -3.60. The van der Waals surface area contributed by atoms with Gasteiger partial charge in [-0.3, -0.25) is 0 Å². The minimum absolute atomic E-state index is 0.00666. The standard InChI is InChI=1S/C12H20N2O3S/c1-3-12(15,4-2)9-14-18(16,17)11-7-5-10(13)6-8-11/h5-8,14-15H,3-4,9,13H2,1-2H3. The molecule has 4 N–H and O–H groups in total. The van der Waals surface area contributed by atoms with Crippen molar-refractivity contribution in [2.24, 2.45) is 0 Å². The second-order valence-electron chi connectivity index (χ2n) is 4.33. The predicted octanol–water partition coefficient (Wildman–Crippen LogP) is 1.10. The molecule has 5 nitrogen and oxygen atoms in total. The molecule has 0 amide bonds. The highest BCUT2D eigenvalue weighted by atomic mass is 32.2. The zero-order valence-corrected chi connectivity index (χ0v) is 11.5. The van der Waals surface area contributed by atoms with Crippen LogP contribution in [-0.4, -0.2) is 25.7 Å². The van der Waals surface area contributed by atoms with E-state index in [9.17, 15) is 13.5 Å². The van der Waals surface area contributed by atoms with Crippen molar-refractivity contribution in [1.29, 1.82) is 0 Å². The molecule has 1 aromatic rings. The Balaban J connectivity index is 2.80. The summed E-state index contributed by atoms with van der Waals surface area (Å²) in [7, 11) is -3.60. The van der Waals surface area contributed by atoms with Gasteiger partial charge in [-0.05, 0) is 37.1 Å². The zero-order valence-electron chi connectivity index (χ0n) is 10.7. The smallest absolute Gasteiger partial charge is 0.240 e. The van der Waals surface area contributed by atoms with E-state index in [-0.39, 0.29) is 11.4 Å². The summed E-state index contributed by atoms with van der Waals surface area (Å²) in [6.45, 7) is 3.65. The lowest BCUT2D eigenvalue weighted by molar-refractivity contribution is 0.0377. The van der Waals surface area contributed by atoms with Gasteiger partial charge in [-0.15, -0.1) is 0 Å². The molecule has 102 valence electrons. The second-order valence-corrected chi connectivity index (χ2v) is 6.09. The number of nitrogen functional groups attached to an aromatic ring is 1. The first-order chi connectivity index (χ1) is 8.33. The predicted molar refractivity (Wildman–Crippen MR) is 71.6 cm³/mol. The number of sulfonamides is 1. The molecule has 0 aliphatic heterocycles. The van der Waals surface area contributed by atoms with Crippen LogP contribution < -0.4 is 10.5 Å². The fourth-order valence-electron chi connectivity index (χ4n) is 1.46. The Morgan fingerprint density at radius 2 is 1.72 bits per heavy atom. The lowest BCUT2D eigenvalue weighted by Gasteiger charge is -2.25. The van der Waals surface area contributed by atoms with E-state index < -0.39 is 15.6 Å². The summed E-state index contributed by atoms with van der Waals surface area (Å²) < 4.78 is 26.3. The quantitative estimate of drug-likeness (QED) is 0.676. The molecule has 1 aromatic carbocycles. The van der Waals surface area contributed by atoms with Crippen molar-refractivity contribution in [1.82, 2.24) is 4.72 Å². The Bertz CT molecular complexity index is 479. The van der Waals surface area contributed by atoms with Crippen molar-refractivity contribution in [2.45, 2.75) is 37.2 Å². The fraction of sp³-hybridized carbons (Fsp3) is 0.500. The number of hydrogen-bond donors (Lipinski definition) is 3. The van der Waals surface area contributed by atoms with E-state index in [4.69, 9.17) is 5.73 Å². The lowest BCUT2D eigenvalue weighted by atomic mass is 9.98. The molecule has 0 atom stereocenters. The third-order valence-corrected chi connectivity index (χ3v) is 4.52. The number of anilines is 1. The van der Waals surface area contributed by atoms with Crippen molar-refractivity contribution in [3.63, 3.8) is 0 Å². The van der Waals surface area contributed by atoms with Crippen LogP contribution in [0.25, 0.3) is 0 Å². The van der Waals surface area contributed by atoms with E-state index in [1.807, 2.05) is 13.8 Å². The first-order valence-corrected chi connectivity index (χ1v) is 7.39. The van der Waals surface area contributed by atoms with Gasteiger partial charge < -0.3 is 10.8 Å². The van der Waals surface area contributed by atoms with E-state index in [0.717, 1.165) is 0 Å². The van der Waals surface area contributed by atoms with Crippen molar-refractivity contribution < 1.29 is 13.5 Å². The number of nitrogens with two attached hydrogens (primary N) is 1. The van der Waals surface area contributed by atoms with Crippen LogP contribution in [0, 0.1) is 0 Å². The van der Waals surface area contributed by atoms with E-state index in [1.165, 1.54) is 24.3 Å². The minimum Gasteiger partial charge on any atom is -0.399 e. The third-order valence-electron chi connectivity index (χ3n) is 3.10. The monoisotopic (exact) mass is 272 g/mol. The van der Waals surface area contributed by atoms with E-state index in [0.29, 0.717) is 18.5 Å². The topological polar surface area (TPSA) is 92.4 Å². The van der Waals surface area contributed by atoms with Crippen LogP contribution in [-0.2, 0) is 10.0 Å². The van der Waals surface area contributed by atoms with Crippen LogP contribution >= 0.6 is 0 Å². The lowest BCUT2D eigenvalue weighted by Crippen LogP contribution is -2.41. The number of benzene rings is 1. The Morgan fingerprint density at radius 1 is 1.22 bits per heavy atom. The summed E-state index contributed by atoms with van der Waals surface area (Å²) in [6.07, 6.45) is 0.988. The van der Waals surface area contributed by atoms with Gasteiger partial charge in [0, 0.05) is 12.2 Å². The molecule has 0 bridgehead atoms. The second kappa shape index (κ2) is 5.69. The Labute approximate surface area is 108 Å². The molecule has 0 saturated heterocycles. The molecule has 0 fully saturated rings. The molecule has 0 aliphatic carbocycles. The molecular weight excluding hydrogens is 252 g/mol.